The zero-order valence-electron chi connectivity index (χ0n) is 15.6. The fourth-order valence-corrected chi connectivity index (χ4v) is 3.61. The Balaban J connectivity index is 1.87. The standard InChI is InChI=1S/C21H15N5O2S/c1-12-11-16(27)26(21(12)28)25-19-17(22-2)20(29-3)24-18(23-19)15-10-6-8-13-7-4-5-9-14(13)15/h4-11H,1,3H3,(H,23,24,25). The zero-order valence-corrected chi connectivity index (χ0v) is 16.4. The first-order valence-electron chi connectivity index (χ1n) is 8.68. The van der Waals surface area contributed by atoms with Crippen LogP contribution in [-0.4, -0.2) is 33.0 Å². The van der Waals surface area contributed by atoms with Gasteiger partial charge in [0.2, 0.25) is 0 Å². The molecule has 8 heteroatoms. The summed E-state index contributed by atoms with van der Waals surface area (Å²) in [5.74, 6) is -0.446. The summed E-state index contributed by atoms with van der Waals surface area (Å²) in [7, 11) is 0. The molecule has 2 amide bonds. The fourth-order valence-electron chi connectivity index (χ4n) is 3.10. The van der Waals surface area contributed by atoms with Gasteiger partial charge in [-0.15, -0.1) is 11.8 Å². The Kier molecular flexibility index (Phi) is 4.74. The van der Waals surface area contributed by atoms with Gasteiger partial charge in [-0.25, -0.2) is 14.8 Å². The number of benzene rings is 2. The van der Waals surface area contributed by atoms with Crippen LogP contribution in [0.25, 0.3) is 27.0 Å². The Hall–Kier alpha value is -3.70. The smallest absolute Gasteiger partial charge is 0.275 e. The summed E-state index contributed by atoms with van der Waals surface area (Å²) in [6, 6.07) is 13.7. The molecule has 0 saturated heterocycles. The first-order chi connectivity index (χ1) is 14.0. The van der Waals surface area contributed by atoms with E-state index in [1.165, 1.54) is 17.8 Å². The maximum atomic E-state index is 12.3. The molecule has 0 radical (unpaired) electrons. The van der Waals surface area contributed by atoms with E-state index in [1.54, 1.807) is 6.92 Å². The number of nitrogens with zero attached hydrogens (tertiary/aromatic N) is 4. The van der Waals surface area contributed by atoms with Crippen LogP contribution < -0.4 is 5.43 Å². The van der Waals surface area contributed by atoms with E-state index in [-0.39, 0.29) is 11.5 Å². The number of aromatic nitrogens is 2. The summed E-state index contributed by atoms with van der Waals surface area (Å²) in [6.45, 7) is 9.10. The molecule has 29 heavy (non-hydrogen) atoms. The highest BCUT2D eigenvalue weighted by molar-refractivity contribution is 7.98. The monoisotopic (exact) mass is 401 g/mol. The number of rotatable bonds is 4. The molecule has 1 aliphatic rings. The molecule has 7 nitrogen and oxygen atoms in total. The van der Waals surface area contributed by atoms with Gasteiger partial charge in [0.1, 0.15) is 5.03 Å². The van der Waals surface area contributed by atoms with Gasteiger partial charge in [-0.2, -0.15) is 5.01 Å². The minimum Gasteiger partial charge on any atom is -0.281 e. The van der Waals surface area contributed by atoms with Crippen LogP contribution in [-0.2, 0) is 9.59 Å². The number of anilines is 1. The van der Waals surface area contributed by atoms with E-state index in [1.807, 2.05) is 48.7 Å². The van der Waals surface area contributed by atoms with Gasteiger partial charge in [-0.1, -0.05) is 42.5 Å². The average Bonchev–Trinajstić information content (AvgIpc) is 2.98. The number of fused-ring (bicyclic) bond motifs is 1. The van der Waals surface area contributed by atoms with Crippen molar-refractivity contribution in [1.29, 1.82) is 0 Å². The second-order valence-corrected chi connectivity index (χ2v) is 7.11. The number of imide groups is 1. The van der Waals surface area contributed by atoms with Crippen LogP contribution >= 0.6 is 11.8 Å². The van der Waals surface area contributed by atoms with Gasteiger partial charge in [0, 0.05) is 17.2 Å². The van der Waals surface area contributed by atoms with Crippen LogP contribution in [0.1, 0.15) is 6.92 Å². The maximum absolute atomic E-state index is 12.3. The number of thioether (sulfide) groups is 1. The Morgan fingerprint density at radius 3 is 2.55 bits per heavy atom. The number of hydrazine groups is 1. The molecule has 0 atom stereocenters. The second-order valence-electron chi connectivity index (χ2n) is 6.31. The number of carbonyl (C=O) groups excluding carboxylic acids is 2. The zero-order chi connectivity index (χ0) is 20.5. The minimum atomic E-state index is -0.501. The van der Waals surface area contributed by atoms with Crippen molar-refractivity contribution in [2.75, 3.05) is 11.7 Å². The van der Waals surface area contributed by atoms with Gasteiger partial charge in [0.25, 0.3) is 17.5 Å². The van der Waals surface area contributed by atoms with E-state index >= 15 is 0 Å². The van der Waals surface area contributed by atoms with Crippen molar-refractivity contribution >= 4 is 45.9 Å². The maximum Gasteiger partial charge on any atom is 0.275 e. The van der Waals surface area contributed by atoms with Crippen molar-refractivity contribution in [2.24, 2.45) is 0 Å². The lowest BCUT2D eigenvalue weighted by atomic mass is 10.0. The number of hydrogen-bond donors (Lipinski definition) is 1. The van der Waals surface area contributed by atoms with E-state index in [4.69, 9.17) is 6.57 Å². The van der Waals surface area contributed by atoms with Gasteiger partial charge >= 0.3 is 0 Å². The van der Waals surface area contributed by atoms with Crippen LogP contribution in [0.5, 0.6) is 0 Å². The van der Waals surface area contributed by atoms with Crippen molar-refractivity contribution in [1.82, 2.24) is 15.0 Å². The van der Waals surface area contributed by atoms with Crippen LogP contribution in [0, 0.1) is 6.57 Å². The third-order valence-electron chi connectivity index (χ3n) is 4.51. The third-order valence-corrected chi connectivity index (χ3v) is 5.18. The average molecular weight is 401 g/mol. The number of hydrogen-bond acceptors (Lipinski definition) is 6. The molecule has 2 heterocycles. The fraction of sp³-hybridized carbons (Fsp3) is 0.0952. The van der Waals surface area contributed by atoms with Gasteiger partial charge in [0.15, 0.2) is 11.6 Å². The van der Waals surface area contributed by atoms with Crippen molar-refractivity contribution in [3.63, 3.8) is 0 Å². The third kappa shape index (κ3) is 3.22. The lowest BCUT2D eigenvalue weighted by molar-refractivity contribution is -0.135. The summed E-state index contributed by atoms with van der Waals surface area (Å²) >= 11 is 1.30. The molecule has 4 rings (SSSR count). The number of nitrogens with one attached hydrogen (secondary N) is 1. The van der Waals surface area contributed by atoms with Crippen LogP contribution in [0.3, 0.4) is 0 Å². The topological polar surface area (TPSA) is 79.5 Å². The lowest BCUT2D eigenvalue weighted by Crippen LogP contribution is -2.36. The van der Waals surface area contributed by atoms with Crippen molar-refractivity contribution in [2.45, 2.75) is 11.9 Å². The molecule has 0 saturated carbocycles. The Labute approximate surface area is 171 Å². The van der Waals surface area contributed by atoms with Gasteiger partial charge in [-0.05, 0) is 24.0 Å². The summed E-state index contributed by atoms with van der Waals surface area (Å²) in [5.41, 5.74) is 4.00. The summed E-state index contributed by atoms with van der Waals surface area (Å²) in [5, 5.41) is 3.33. The Morgan fingerprint density at radius 1 is 1.10 bits per heavy atom. The van der Waals surface area contributed by atoms with Crippen LogP contribution in [0.2, 0.25) is 0 Å². The molecule has 0 fully saturated rings. The predicted molar refractivity (Wildman–Crippen MR) is 112 cm³/mol. The van der Waals surface area contributed by atoms with Gasteiger partial charge in [-0.3, -0.25) is 15.0 Å². The highest BCUT2D eigenvalue weighted by Crippen LogP contribution is 2.37. The molecule has 1 aromatic heterocycles. The molecule has 2 aromatic carbocycles. The van der Waals surface area contributed by atoms with Gasteiger partial charge < -0.3 is 0 Å². The van der Waals surface area contributed by atoms with E-state index in [0.29, 0.717) is 16.4 Å². The summed E-state index contributed by atoms with van der Waals surface area (Å²) in [4.78, 5) is 37.0. The highest BCUT2D eigenvalue weighted by atomic mass is 32.2. The normalized spacial score (nSPS) is 13.6. The summed E-state index contributed by atoms with van der Waals surface area (Å²) < 4.78 is 0. The molecule has 0 bridgehead atoms. The molecule has 0 aliphatic carbocycles. The Bertz CT molecular complexity index is 1240. The molecular weight excluding hydrogens is 386 g/mol. The Morgan fingerprint density at radius 2 is 1.86 bits per heavy atom. The molecule has 1 aliphatic heterocycles. The molecule has 142 valence electrons. The van der Waals surface area contributed by atoms with Crippen LogP contribution in [0.4, 0.5) is 11.5 Å². The van der Waals surface area contributed by atoms with Crippen LogP contribution in [0.15, 0.2) is 59.1 Å². The lowest BCUT2D eigenvalue weighted by Gasteiger charge is -2.19. The van der Waals surface area contributed by atoms with E-state index < -0.39 is 11.8 Å². The first kappa shape index (κ1) is 18.7. The molecule has 1 N–H and O–H groups in total. The molecule has 3 aromatic rings. The molecule has 0 spiro atoms. The molecular formula is C21H15N5O2S. The second kappa shape index (κ2) is 7.37. The SMILES string of the molecule is [C-]#[N+]c1c(NN2C(=O)C=C(C)C2=O)nc(-c2cccc3ccccc23)nc1SC. The van der Waals surface area contributed by atoms with Crippen molar-refractivity contribution in [3.8, 4) is 11.4 Å². The first-order valence-corrected chi connectivity index (χ1v) is 9.91. The van der Waals surface area contributed by atoms with E-state index in [0.717, 1.165) is 21.3 Å². The minimum absolute atomic E-state index is 0.118. The predicted octanol–water partition coefficient (Wildman–Crippen LogP) is 4.21. The number of amides is 2. The molecule has 0 unspecified atom stereocenters. The van der Waals surface area contributed by atoms with Crippen molar-refractivity contribution in [3.05, 3.63) is 65.5 Å². The number of carbonyl (C=O) groups is 2. The largest absolute Gasteiger partial charge is 0.281 e. The van der Waals surface area contributed by atoms with E-state index in [9.17, 15) is 9.59 Å². The van der Waals surface area contributed by atoms with Gasteiger partial charge in [0.05, 0.1) is 6.57 Å². The quantitative estimate of drug-likeness (QED) is 0.305. The van der Waals surface area contributed by atoms with Crippen molar-refractivity contribution < 1.29 is 9.59 Å². The van der Waals surface area contributed by atoms with E-state index in [2.05, 4.69) is 20.2 Å². The highest BCUT2D eigenvalue weighted by Gasteiger charge is 2.30. The summed E-state index contributed by atoms with van der Waals surface area (Å²) in [6.07, 6.45) is 3.06.